The Morgan fingerprint density at radius 1 is 0.685 bits per heavy atom. The number of aliphatic hydroxyl groups excluding tert-OH is 2. The summed E-state index contributed by atoms with van der Waals surface area (Å²) in [5.41, 5.74) is 15.2. The van der Waals surface area contributed by atoms with Crippen LogP contribution >= 0.6 is 0 Å². The van der Waals surface area contributed by atoms with Crippen molar-refractivity contribution in [2.75, 3.05) is 17.7 Å². The van der Waals surface area contributed by atoms with E-state index >= 15 is 0 Å². The zero-order valence-electron chi connectivity index (χ0n) is 41.6. The van der Waals surface area contributed by atoms with E-state index < -0.39 is 11.9 Å². The van der Waals surface area contributed by atoms with Crippen molar-refractivity contribution < 1.29 is 33.6 Å². The molecule has 0 unspecified atom stereocenters. The zero-order valence-corrected chi connectivity index (χ0v) is 41.6. The third-order valence-electron chi connectivity index (χ3n) is 11.1. The first-order chi connectivity index (χ1) is 34.9. The Bertz CT molecular complexity index is 3570. The van der Waals surface area contributed by atoms with Gasteiger partial charge in [-0.05, 0) is 47.5 Å². The first-order valence-electron chi connectivity index (χ1n) is 22.9. The number of nitrogens with one attached hydrogen (secondary N) is 3. The van der Waals surface area contributed by atoms with Crippen LogP contribution in [0.1, 0.15) is 92.6 Å². The maximum Gasteiger partial charge on any atom is 0.379 e. The molecule has 0 aliphatic heterocycles. The molecule has 0 spiro atoms. The standard InChI is InChI=1S/C24H24N8O3.C17H16N6O.C9H14N2O3/c1-24(2,3)23-30-21(31-35-23)22(34)27-17-7-5-6-14(16(17)12-33)15-8-9-25-20-18(15)28-19(29-20)13-10-26-32(4)11-13;1-23-8-10(7-20-23)16-21-15-12(5-6-19-17(15)22-16)11-3-2-4-14(18)13(11)9-24;1-5-13-7(12)6-10-8(14-11-6)9(2,3)4/h5-11,33H,12H2,1-4H3,(H,27,34)(H,25,28,29);2-8,24H,9,18H2,1H3,(H,19,21,22);5H2,1-4H3. The lowest BCUT2D eigenvalue weighted by Gasteiger charge is -2.14. The number of carbonyl (C=O) groups is 2. The maximum absolute atomic E-state index is 12.8. The Morgan fingerprint density at radius 3 is 1.64 bits per heavy atom. The third-order valence-corrected chi connectivity index (χ3v) is 11.1. The summed E-state index contributed by atoms with van der Waals surface area (Å²) in [4.78, 5) is 56.7. The molecule has 0 aliphatic rings. The number of ether oxygens (including phenoxy) is 1. The van der Waals surface area contributed by atoms with Crippen LogP contribution in [0, 0.1) is 0 Å². The van der Waals surface area contributed by atoms with E-state index in [-0.39, 0.29) is 35.7 Å². The van der Waals surface area contributed by atoms with E-state index in [1.54, 1.807) is 59.3 Å². The van der Waals surface area contributed by atoms with Crippen molar-refractivity contribution in [2.45, 2.75) is 72.5 Å². The minimum atomic E-state index is -0.549. The number of pyridine rings is 2. The molecule has 1 amide bonds. The average Bonchev–Trinajstić information content (AvgIpc) is 4.22. The average molecular weight is 991 g/mol. The fourth-order valence-electron chi connectivity index (χ4n) is 7.40. The number of fused-ring (bicyclic) bond motifs is 2. The van der Waals surface area contributed by atoms with Crippen molar-refractivity contribution in [1.29, 1.82) is 0 Å². The van der Waals surface area contributed by atoms with E-state index in [0.717, 1.165) is 38.9 Å². The molecule has 23 nitrogen and oxygen atoms in total. The van der Waals surface area contributed by atoms with Crippen LogP contribution < -0.4 is 11.1 Å². The SMILES string of the molecule is CCOC(=O)c1noc(C(C)(C)C)n1.Cn1cc(-c2nc3nccc(-c4cccc(N)c4CO)c3[nH]2)cn1.Cn1cc(-c2nc3nccc(-c4cccc(NC(=O)c5noc(C(C)(C)C)n5)c4CO)c3[nH]2)cn1. The predicted molar refractivity (Wildman–Crippen MR) is 269 cm³/mol. The van der Waals surface area contributed by atoms with Gasteiger partial charge in [0.05, 0.1) is 54.4 Å². The van der Waals surface area contributed by atoms with Gasteiger partial charge in [-0.3, -0.25) is 14.2 Å². The zero-order chi connectivity index (χ0) is 52.2. The topological polar surface area (TPSA) is 318 Å². The van der Waals surface area contributed by atoms with E-state index in [2.05, 4.69) is 65.7 Å². The maximum atomic E-state index is 12.8. The highest BCUT2D eigenvalue weighted by molar-refractivity contribution is 6.03. The van der Waals surface area contributed by atoms with Gasteiger partial charge in [0.2, 0.25) is 11.8 Å². The molecule has 376 valence electrons. The number of hydrogen-bond acceptors (Lipinski definition) is 18. The Balaban J connectivity index is 0.000000161. The minimum absolute atomic E-state index is 0.0169. The van der Waals surface area contributed by atoms with Crippen LogP contribution in [0.15, 0.2) is 94.8 Å². The van der Waals surface area contributed by atoms with Gasteiger partial charge in [-0.15, -0.1) is 0 Å². The molecule has 8 heterocycles. The summed E-state index contributed by atoms with van der Waals surface area (Å²) in [7, 11) is 3.69. The first kappa shape index (κ1) is 50.4. The van der Waals surface area contributed by atoms with E-state index in [0.29, 0.717) is 69.3 Å². The van der Waals surface area contributed by atoms with Crippen LogP contribution in [-0.2, 0) is 42.9 Å². The van der Waals surface area contributed by atoms with Crippen molar-refractivity contribution in [3.05, 3.63) is 120 Å². The number of benzene rings is 2. The number of aryl methyl sites for hydroxylation is 2. The number of anilines is 2. The van der Waals surface area contributed by atoms with Gasteiger partial charge in [-0.2, -0.15) is 20.2 Å². The van der Waals surface area contributed by atoms with Gasteiger partial charge >= 0.3 is 5.97 Å². The molecule has 0 saturated heterocycles. The summed E-state index contributed by atoms with van der Waals surface area (Å²) in [5.74, 6) is 0.953. The number of aromatic nitrogens is 14. The van der Waals surface area contributed by atoms with E-state index in [1.165, 1.54) is 0 Å². The smallest absolute Gasteiger partial charge is 0.379 e. The number of amides is 1. The lowest BCUT2D eigenvalue weighted by Crippen LogP contribution is -2.17. The molecule has 10 rings (SSSR count). The quantitative estimate of drug-likeness (QED) is 0.0588. The highest BCUT2D eigenvalue weighted by Crippen LogP contribution is 2.36. The van der Waals surface area contributed by atoms with Crippen LogP contribution in [0.25, 0.3) is 67.4 Å². The van der Waals surface area contributed by atoms with Gasteiger partial charge in [0.15, 0.2) is 11.3 Å². The predicted octanol–water partition coefficient (Wildman–Crippen LogP) is 7.09. The molecule has 73 heavy (non-hydrogen) atoms. The van der Waals surface area contributed by atoms with Gasteiger partial charge in [-0.25, -0.2) is 24.7 Å². The van der Waals surface area contributed by atoms with Gasteiger partial charge < -0.3 is 45.0 Å². The second-order valence-corrected chi connectivity index (χ2v) is 18.6. The summed E-state index contributed by atoms with van der Waals surface area (Å²) in [5, 5.41) is 38.4. The molecule has 0 atom stereocenters. The van der Waals surface area contributed by atoms with Crippen LogP contribution in [0.4, 0.5) is 11.4 Å². The second kappa shape index (κ2) is 20.8. The first-order valence-corrected chi connectivity index (χ1v) is 22.9. The molecular weight excluding hydrogens is 937 g/mol. The number of aromatic amines is 2. The van der Waals surface area contributed by atoms with Crippen molar-refractivity contribution >= 4 is 45.6 Å². The van der Waals surface area contributed by atoms with E-state index in [4.69, 9.17) is 19.5 Å². The number of esters is 1. The molecule has 0 bridgehead atoms. The molecule has 0 aliphatic carbocycles. The molecule has 0 fully saturated rings. The highest BCUT2D eigenvalue weighted by Gasteiger charge is 2.27. The molecular formula is C50H54N16O7. The van der Waals surface area contributed by atoms with E-state index in [1.807, 2.05) is 98.4 Å². The normalized spacial score (nSPS) is 11.5. The van der Waals surface area contributed by atoms with Crippen molar-refractivity contribution in [2.24, 2.45) is 14.1 Å². The number of imidazole rings is 2. The fraction of sp³-hybridized carbons (Fsp3) is 0.280. The second-order valence-electron chi connectivity index (χ2n) is 18.6. The monoisotopic (exact) mass is 990 g/mol. The van der Waals surface area contributed by atoms with Crippen LogP contribution in [-0.4, -0.2) is 98.4 Å². The van der Waals surface area contributed by atoms with Gasteiger partial charge in [0.25, 0.3) is 17.6 Å². The van der Waals surface area contributed by atoms with Crippen molar-refractivity contribution in [3.8, 4) is 45.0 Å². The van der Waals surface area contributed by atoms with Gasteiger partial charge in [0.1, 0.15) is 11.6 Å². The largest absolute Gasteiger partial charge is 0.460 e. The summed E-state index contributed by atoms with van der Waals surface area (Å²) in [6.45, 7) is 13.1. The van der Waals surface area contributed by atoms with Crippen molar-refractivity contribution in [1.82, 2.24) is 69.7 Å². The Kier molecular flexibility index (Phi) is 14.4. The molecule has 0 radical (unpaired) electrons. The number of nitrogen functional groups attached to an aromatic ring is 1. The fourth-order valence-corrected chi connectivity index (χ4v) is 7.40. The Morgan fingerprint density at radius 2 is 1.18 bits per heavy atom. The van der Waals surface area contributed by atoms with Crippen LogP contribution in [0.5, 0.6) is 0 Å². The molecule has 10 aromatic rings. The molecule has 23 heteroatoms. The summed E-state index contributed by atoms with van der Waals surface area (Å²) >= 11 is 0. The number of aliphatic hydroxyl groups is 2. The number of nitrogens with two attached hydrogens (primary N) is 1. The number of carbonyl (C=O) groups excluding carboxylic acids is 2. The highest BCUT2D eigenvalue weighted by atomic mass is 16.5. The number of rotatable bonds is 10. The molecule has 2 aromatic carbocycles. The van der Waals surface area contributed by atoms with E-state index in [9.17, 15) is 19.8 Å². The van der Waals surface area contributed by atoms with Crippen LogP contribution in [0.2, 0.25) is 0 Å². The number of hydrogen-bond donors (Lipinski definition) is 6. The Labute approximate surface area is 417 Å². The summed E-state index contributed by atoms with van der Waals surface area (Å²) < 4.78 is 18.3. The van der Waals surface area contributed by atoms with Gasteiger partial charge in [-0.1, -0.05) is 71.0 Å². The summed E-state index contributed by atoms with van der Waals surface area (Å²) in [6.07, 6.45) is 10.6. The lowest BCUT2D eigenvalue weighted by atomic mass is 9.97. The minimum Gasteiger partial charge on any atom is -0.460 e. The lowest BCUT2D eigenvalue weighted by molar-refractivity contribution is 0.0508. The number of H-pyrrole nitrogens is 2. The Hall–Kier alpha value is -8.96. The molecule has 0 saturated carbocycles. The van der Waals surface area contributed by atoms with Crippen LogP contribution in [0.3, 0.4) is 0 Å². The molecule has 7 N–H and O–H groups in total. The molecule has 8 aromatic heterocycles. The number of nitrogens with zero attached hydrogens (tertiary/aromatic N) is 12. The summed E-state index contributed by atoms with van der Waals surface area (Å²) in [6, 6.07) is 14.7. The van der Waals surface area contributed by atoms with Crippen molar-refractivity contribution in [3.63, 3.8) is 0 Å². The van der Waals surface area contributed by atoms with Gasteiger partial charge in [0, 0.05) is 83.3 Å². The third kappa shape index (κ3) is 11.0.